The Morgan fingerprint density at radius 3 is 1.55 bits per heavy atom. The Hall–Kier alpha value is -2.31. The van der Waals surface area contributed by atoms with Crippen LogP contribution in [0.5, 0.6) is 0 Å². The van der Waals surface area contributed by atoms with Gasteiger partial charge in [-0.2, -0.15) is 5.10 Å². The molecule has 74 heavy (non-hydrogen) atoms. The number of piperidine rings is 1. The summed E-state index contributed by atoms with van der Waals surface area (Å²) >= 11 is 0. The molecule has 15 nitrogen and oxygen atoms in total. The van der Waals surface area contributed by atoms with Gasteiger partial charge in [0.25, 0.3) is 0 Å². The molecule has 6 aliphatic rings. The molecule has 3 N–H and O–H groups in total. The van der Waals surface area contributed by atoms with E-state index in [0.717, 1.165) is 57.6 Å². The molecular formula is C58H114FN9O6. The van der Waals surface area contributed by atoms with Crippen LogP contribution in [0, 0.1) is 11.3 Å². The van der Waals surface area contributed by atoms with Crippen LogP contribution in [0.3, 0.4) is 0 Å². The van der Waals surface area contributed by atoms with Crippen LogP contribution in [0.4, 0.5) is 4.39 Å². The predicted molar refractivity (Wildman–Crippen MR) is 301 cm³/mol. The zero-order valence-electron chi connectivity index (χ0n) is 51.3. The average molecular weight is 1050 g/mol. The number of hydrogen-bond acceptors (Lipinski definition) is 12. The van der Waals surface area contributed by atoms with Gasteiger partial charge in [0, 0.05) is 81.8 Å². The highest BCUT2D eigenvalue weighted by atomic mass is 19.1. The molecule has 7 heterocycles. The molecule has 0 radical (unpaired) electrons. The molecular weight excluding hydrogens is 938 g/mol. The van der Waals surface area contributed by atoms with Crippen LogP contribution < -0.4 is 5.73 Å². The van der Waals surface area contributed by atoms with Gasteiger partial charge in [0.1, 0.15) is 18.3 Å². The molecule has 0 bridgehead atoms. The van der Waals surface area contributed by atoms with Crippen molar-refractivity contribution in [3.63, 3.8) is 0 Å². The van der Waals surface area contributed by atoms with Gasteiger partial charge in [-0.1, -0.05) is 20.8 Å². The number of carbonyl (C=O) groups excluding carboxylic acids is 2. The van der Waals surface area contributed by atoms with Gasteiger partial charge in [0.05, 0.1) is 49.5 Å². The number of aromatic nitrogens is 3. The number of methoxy groups -OCH3 is 2. The molecule has 1 aromatic heterocycles. The summed E-state index contributed by atoms with van der Waals surface area (Å²) in [6.07, 6.45) is 11.6. The quantitative estimate of drug-likeness (QED) is 0.267. The van der Waals surface area contributed by atoms with E-state index in [4.69, 9.17) is 24.7 Å². The lowest BCUT2D eigenvalue weighted by Gasteiger charge is -2.37. The molecule has 0 spiro atoms. The highest BCUT2D eigenvalue weighted by molar-refractivity contribution is 5.80. The second-order valence-corrected chi connectivity index (χ2v) is 27.8. The second kappa shape index (κ2) is 30.2. The van der Waals surface area contributed by atoms with Gasteiger partial charge in [-0.05, 0) is 193 Å². The van der Waals surface area contributed by atoms with Crippen molar-refractivity contribution >= 4 is 11.8 Å². The number of rotatable bonds is 7. The topological polar surface area (TPSA) is 155 Å². The number of aromatic amines is 1. The number of H-pyrrole nitrogens is 1. The van der Waals surface area contributed by atoms with Crippen molar-refractivity contribution in [3.05, 3.63) is 12.2 Å². The van der Waals surface area contributed by atoms with Gasteiger partial charge in [-0.25, -0.2) is 9.37 Å². The standard InChI is InChI=1S/C12H19FN4O2.C10H20O.C9H18N2O.2C9H19NO.C9H19N/c1-12(2,3)19-9-4-11(18)17(5-8(9)13)6-10-14-7-15-16-10;1-10(2,3)8-9-4-6-11-7-5-9;1-9(2,3)11-6-4-5-7(11)8(10)12;2*1-9(2,3)10-6-5-8(7-10)11-4;1-8-6-5-7-10(8)9(2,3)4/h7-9H,4-6H2,1-3H3,(H,14,15,16);9H,4-8H2,1-3H3;7H,4-6H2,1-3H3,(H2,10,12);2*8H,5-7H2,1-4H3;8H,5-7H2,1-4H3/t8-,9+;;7-;3*8-/m1.1101/s1. The Balaban J connectivity index is 0.000000309. The van der Waals surface area contributed by atoms with Crippen LogP contribution >= 0.6 is 0 Å². The van der Waals surface area contributed by atoms with E-state index in [1.165, 1.54) is 75.8 Å². The second-order valence-electron chi connectivity index (χ2n) is 27.8. The molecule has 6 atom stereocenters. The van der Waals surface area contributed by atoms with Gasteiger partial charge >= 0.3 is 0 Å². The number of nitrogens with two attached hydrogens (primary N) is 1. The average Bonchev–Trinajstić information content (AvgIpc) is 4.12. The van der Waals surface area contributed by atoms with E-state index < -0.39 is 17.9 Å². The van der Waals surface area contributed by atoms with Crippen molar-refractivity contribution in [2.75, 3.05) is 73.2 Å². The number of nitrogens with one attached hydrogen (secondary N) is 1. The first kappa shape index (κ1) is 67.8. The third-order valence-electron chi connectivity index (χ3n) is 14.8. The first-order chi connectivity index (χ1) is 33.9. The highest BCUT2D eigenvalue weighted by Gasteiger charge is 2.38. The Kier molecular flexibility index (Phi) is 27.6. The first-order valence-electron chi connectivity index (χ1n) is 28.3. The van der Waals surface area contributed by atoms with Crippen LogP contribution in [0.2, 0.25) is 0 Å². The minimum Gasteiger partial charge on any atom is -0.381 e. The molecule has 6 saturated heterocycles. The zero-order chi connectivity index (χ0) is 56.5. The molecule has 6 aliphatic heterocycles. The summed E-state index contributed by atoms with van der Waals surface area (Å²) in [7, 11) is 3.60. The smallest absolute Gasteiger partial charge is 0.234 e. The summed E-state index contributed by atoms with van der Waals surface area (Å²) in [6, 6.07) is 0.769. The molecule has 2 amide bonds. The third kappa shape index (κ3) is 25.9. The number of amides is 2. The zero-order valence-corrected chi connectivity index (χ0v) is 51.3. The largest absolute Gasteiger partial charge is 0.381 e. The molecule has 7 rings (SSSR count). The molecule has 16 heteroatoms. The normalized spacial score (nSPS) is 26.1. The van der Waals surface area contributed by atoms with E-state index in [2.05, 4.69) is 146 Å². The van der Waals surface area contributed by atoms with Crippen molar-refractivity contribution in [2.45, 2.75) is 267 Å². The summed E-state index contributed by atoms with van der Waals surface area (Å²) in [5.41, 5.74) is 6.43. The van der Waals surface area contributed by atoms with Crippen molar-refractivity contribution in [1.29, 1.82) is 0 Å². The van der Waals surface area contributed by atoms with Crippen molar-refractivity contribution in [2.24, 2.45) is 17.1 Å². The Morgan fingerprint density at radius 1 is 0.716 bits per heavy atom. The number of ether oxygens (including phenoxy) is 4. The summed E-state index contributed by atoms with van der Waals surface area (Å²) in [4.78, 5) is 38.1. The summed E-state index contributed by atoms with van der Waals surface area (Å²) in [5.74, 6) is 1.17. The van der Waals surface area contributed by atoms with E-state index in [1.54, 1.807) is 14.2 Å². The third-order valence-corrected chi connectivity index (χ3v) is 14.8. The van der Waals surface area contributed by atoms with E-state index >= 15 is 0 Å². The highest BCUT2D eigenvalue weighted by Crippen LogP contribution is 2.31. The fraction of sp³-hybridized carbons (Fsp3) is 0.931. The number of carbonyl (C=O) groups is 2. The summed E-state index contributed by atoms with van der Waals surface area (Å²) < 4.78 is 35.6. The molecule has 1 aromatic rings. The van der Waals surface area contributed by atoms with Crippen LogP contribution in [0.25, 0.3) is 0 Å². The van der Waals surface area contributed by atoms with Crippen LogP contribution in [-0.2, 0) is 35.1 Å². The summed E-state index contributed by atoms with van der Waals surface area (Å²) in [5, 5.41) is 6.36. The maximum atomic E-state index is 14.1. The van der Waals surface area contributed by atoms with Gasteiger partial charge in [-0.15, -0.1) is 0 Å². The number of likely N-dealkylation sites (tertiary alicyclic amines) is 5. The SMILES string of the molecule is CC(C)(C)CC1CCOCC1.CC(C)(C)N1CCC[C@@H]1C(N)=O.CC(C)(C)O[C@H]1CC(=O)N(Cc2ncn[nH]2)C[C@H]1F.CO[C@@H]1CCN(C(C)(C)C)C1.CO[C@H]1CCN(C(C)(C)C)C1.C[C@@H]1CCCN1C(C)(C)C. The fourth-order valence-electron chi connectivity index (χ4n) is 10.7. The van der Waals surface area contributed by atoms with Crippen molar-refractivity contribution < 1.29 is 32.9 Å². The van der Waals surface area contributed by atoms with Gasteiger partial charge in [0.15, 0.2) is 0 Å². The number of primary amides is 1. The van der Waals surface area contributed by atoms with E-state index in [9.17, 15) is 14.0 Å². The number of hydrogen-bond donors (Lipinski definition) is 2. The molecule has 0 aliphatic carbocycles. The Labute approximate surface area is 452 Å². The van der Waals surface area contributed by atoms with Crippen LogP contribution in [-0.4, -0.2) is 189 Å². The maximum Gasteiger partial charge on any atom is 0.234 e. The van der Waals surface area contributed by atoms with E-state index in [-0.39, 0.29) is 42.9 Å². The molecule has 434 valence electrons. The molecule has 0 aromatic carbocycles. The van der Waals surface area contributed by atoms with Crippen molar-refractivity contribution in [1.82, 2.24) is 39.7 Å². The van der Waals surface area contributed by atoms with E-state index in [1.807, 2.05) is 20.8 Å². The Bertz CT molecular complexity index is 1670. The number of alkyl halides is 1. The van der Waals surface area contributed by atoms with E-state index in [0.29, 0.717) is 40.1 Å². The van der Waals surface area contributed by atoms with Gasteiger partial charge in [0.2, 0.25) is 11.8 Å². The lowest BCUT2D eigenvalue weighted by molar-refractivity contribution is -0.155. The lowest BCUT2D eigenvalue weighted by atomic mass is 9.81. The Morgan fingerprint density at radius 2 is 1.22 bits per heavy atom. The molecule has 0 unspecified atom stereocenters. The maximum absolute atomic E-state index is 14.1. The monoisotopic (exact) mass is 1050 g/mol. The van der Waals surface area contributed by atoms with Gasteiger partial charge in [-0.3, -0.25) is 34.3 Å². The summed E-state index contributed by atoms with van der Waals surface area (Å²) in [6.45, 7) is 50.7. The van der Waals surface area contributed by atoms with Crippen LogP contribution in [0.1, 0.15) is 202 Å². The van der Waals surface area contributed by atoms with Gasteiger partial charge < -0.3 is 29.6 Å². The predicted octanol–water partition coefficient (Wildman–Crippen LogP) is 9.92. The minimum atomic E-state index is -1.18. The van der Waals surface area contributed by atoms with Crippen LogP contribution in [0.15, 0.2) is 6.33 Å². The fourth-order valence-corrected chi connectivity index (χ4v) is 10.7. The number of nitrogens with zero attached hydrogens (tertiary/aromatic N) is 7. The lowest BCUT2D eigenvalue weighted by Crippen LogP contribution is -2.50. The molecule has 6 fully saturated rings. The number of halogens is 1. The van der Waals surface area contributed by atoms with Crippen molar-refractivity contribution in [3.8, 4) is 0 Å². The first-order valence-corrected chi connectivity index (χ1v) is 28.3. The minimum absolute atomic E-state index is 0.0281. The molecule has 0 saturated carbocycles.